The largest absolute Gasteiger partial charge is 0.465 e. The van der Waals surface area contributed by atoms with Crippen molar-refractivity contribution in [3.05, 3.63) is 37.9 Å². The molecule has 0 saturated carbocycles. The molecule has 1 aromatic rings. The molecular weight excluding hydrogens is 306 g/mol. The first-order valence-corrected chi connectivity index (χ1v) is 7.09. The van der Waals surface area contributed by atoms with Gasteiger partial charge in [0.25, 0.3) is 11.4 Å². The summed E-state index contributed by atoms with van der Waals surface area (Å²) in [5, 5.41) is 22.4. The number of hydrogen-bond donors (Lipinski definition) is 0. The van der Waals surface area contributed by atoms with Gasteiger partial charge in [-0.25, -0.2) is 4.79 Å². The SMILES string of the molecule is COC(=O)c1cc([N+](=O)[O-])cc([N+](=O)[O-])c1N1CCC(C)C1C. The molecule has 9 heteroatoms. The third-order valence-electron chi connectivity index (χ3n) is 4.32. The Morgan fingerprint density at radius 1 is 1.26 bits per heavy atom. The van der Waals surface area contributed by atoms with Gasteiger partial charge in [-0.2, -0.15) is 0 Å². The van der Waals surface area contributed by atoms with E-state index >= 15 is 0 Å². The van der Waals surface area contributed by atoms with Gasteiger partial charge in [-0.05, 0) is 19.3 Å². The van der Waals surface area contributed by atoms with Crippen molar-refractivity contribution >= 4 is 23.0 Å². The van der Waals surface area contributed by atoms with Crippen molar-refractivity contribution in [2.45, 2.75) is 26.3 Å². The summed E-state index contributed by atoms with van der Waals surface area (Å²) in [6.07, 6.45) is 0.815. The summed E-state index contributed by atoms with van der Waals surface area (Å²) in [6, 6.07) is 1.89. The second kappa shape index (κ2) is 6.19. The molecule has 2 unspecified atom stereocenters. The Kier molecular flexibility index (Phi) is 4.48. The molecule has 0 spiro atoms. The zero-order valence-corrected chi connectivity index (χ0v) is 13.0. The lowest BCUT2D eigenvalue weighted by Crippen LogP contribution is -2.31. The molecule has 1 aromatic carbocycles. The third kappa shape index (κ3) is 2.94. The number of non-ortho nitro benzene ring substituents is 1. The summed E-state index contributed by atoms with van der Waals surface area (Å²) < 4.78 is 4.66. The summed E-state index contributed by atoms with van der Waals surface area (Å²) in [5.74, 6) is -0.547. The Morgan fingerprint density at radius 3 is 2.35 bits per heavy atom. The molecule has 2 rings (SSSR count). The number of benzene rings is 1. The van der Waals surface area contributed by atoms with Crippen molar-refractivity contribution in [1.82, 2.24) is 0 Å². The molecule has 1 heterocycles. The van der Waals surface area contributed by atoms with Gasteiger partial charge in [-0.3, -0.25) is 20.2 Å². The predicted molar refractivity (Wildman–Crippen MR) is 81.7 cm³/mol. The minimum absolute atomic E-state index is 0.0291. The minimum Gasteiger partial charge on any atom is -0.465 e. The number of nitrogens with zero attached hydrogens (tertiary/aromatic N) is 3. The smallest absolute Gasteiger partial charge is 0.340 e. The first-order chi connectivity index (χ1) is 10.8. The molecular formula is C14H17N3O6. The van der Waals surface area contributed by atoms with Gasteiger partial charge in [-0.15, -0.1) is 0 Å². The standard InChI is InChI=1S/C14H17N3O6/c1-8-4-5-15(9(8)2)13-11(14(18)23-3)6-10(16(19)20)7-12(13)17(21)22/h6-9H,4-5H2,1-3H3. The Morgan fingerprint density at radius 2 is 1.91 bits per heavy atom. The molecule has 0 bridgehead atoms. The Bertz CT molecular complexity index is 675. The molecule has 1 saturated heterocycles. The molecule has 0 N–H and O–H groups in total. The lowest BCUT2D eigenvalue weighted by Gasteiger charge is -2.26. The van der Waals surface area contributed by atoms with E-state index in [0.717, 1.165) is 25.7 Å². The van der Waals surface area contributed by atoms with Crippen molar-refractivity contribution in [1.29, 1.82) is 0 Å². The van der Waals surface area contributed by atoms with E-state index in [2.05, 4.69) is 4.74 Å². The maximum atomic E-state index is 12.0. The fourth-order valence-electron chi connectivity index (χ4n) is 2.83. The van der Waals surface area contributed by atoms with E-state index in [9.17, 15) is 25.0 Å². The minimum atomic E-state index is -0.835. The zero-order valence-electron chi connectivity index (χ0n) is 13.0. The van der Waals surface area contributed by atoms with Gasteiger partial charge in [0.2, 0.25) is 0 Å². The van der Waals surface area contributed by atoms with Crippen LogP contribution in [0.2, 0.25) is 0 Å². The molecule has 9 nitrogen and oxygen atoms in total. The van der Waals surface area contributed by atoms with Crippen molar-refractivity contribution < 1.29 is 19.4 Å². The fourth-order valence-corrected chi connectivity index (χ4v) is 2.83. The van der Waals surface area contributed by atoms with Crippen LogP contribution in [0.15, 0.2) is 12.1 Å². The summed E-state index contributed by atoms with van der Waals surface area (Å²) in [5.41, 5.74) is -1.04. The number of nitro benzene ring substituents is 2. The van der Waals surface area contributed by atoms with Gasteiger partial charge >= 0.3 is 5.97 Å². The van der Waals surface area contributed by atoms with Crippen LogP contribution in [0.3, 0.4) is 0 Å². The van der Waals surface area contributed by atoms with Crippen LogP contribution in [0.5, 0.6) is 0 Å². The lowest BCUT2D eigenvalue weighted by atomic mass is 10.0. The van der Waals surface area contributed by atoms with Crippen LogP contribution < -0.4 is 4.90 Å². The number of carbonyl (C=O) groups is 1. The first kappa shape index (κ1) is 16.7. The number of carbonyl (C=O) groups excluding carboxylic acids is 1. The molecule has 1 aliphatic heterocycles. The van der Waals surface area contributed by atoms with Gasteiger partial charge in [0.15, 0.2) is 0 Å². The topological polar surface area (TPSA) is 116 Å². The molecule has 1 fully saturated rings. The molecule has 0 amide bonds. The fraction of sp³-hybridized carbons (Fsp3) is 0.500. The molecule has 124 valence electrons. The molecule has 1 aliphatic rings. The Hall–Kier alpha value is -2.71. The van der Waals surface area contributed by atoms with E-state index in [0.29, 0.717) is 6.54 Å². The zero-order chi connectivity index (χ0) is 17.3. The van der Waals surface area contributed by atoms with E-state index in [1.54, 1.807) is 4.90 Å². The van der Waals surface area contributed by atoms with E-state index in [1.165, 1.54) is 0 Å². The summed E-state index contributed by atoms with van der Waals surface area (Å²) in [6.45, 7) is 4.45. The normalized spacial score (nSPS) is 20.4. The molecule has 0 aliphatic carbocycles. The molecule has 2 atom stereocenters. The molecule has 0 radical (unpaired) electrons. The number of methoxy groups -OCH3 is 1. The predicted octanol–water partition coefficient (Wildman–Crippen LogP) is 2.52. The maximum absolute atomic E-state index is 12.0. The number of hydrogen-bond acceptors (Lipinski definition) is 7. The van der Waals surface area contributed by atoms with Crippen molar-refractivity contribution in [2.24, 2.45) is 5.92 Å². The number of rotatable bonds is 4. The average Bonchev–Trinajstić information content (AvgIpc) is 2.84. The number of nitro groups is 2. The van der Waals surface area contributed by atoms with E-state index < -0.39 is 27.2 Å². The van der Waals surface area contributed by atoms with Crippen LogP contribution in [0.1, 0.15) is 30.6 Å². The monoisotopic (exact) mass is 323 g/mol. The highest BCUT2D eigenvalue weighted by molar-refractivity contribution is 5.99. The van der Waals surface area contributed by atoms with E-state index in [-0.39, 0.29) is 23.2 Å². The van der Waals surface area contributed by atoms with Gasteiger partial charge in [0.05, 0.1) is 28.6 Å². The number of esters is 1. The third-order valence-corrected chi connectivity index (χ3v) is 4.32. The van der Waals surface area contributed by atoms with Crippen LogP contribution in [0, 0.1) is 26.1 Å². The van der Waals surface area contributed by atoms with Gasteiger partial charge in [-0.1, -0.05) is 6.92 Å². The summed E-state index contributed by atoms with van der Waals surface area (Å²) in [4.78, 5) is 34.7. The van der Waals surface area contributed by atoms with Crippen LogP contribution in [0.25, 0.3) is 0 Å². The highest BCUT2D eigenvalue weighted by atomic mass is 16.6. The second-order valence-electron chi connectivity index (χ2n) is 5.57. The van der Waals surface area contributed by atoms with E-state index in [1.807, 2.05) is 13.8 Å². The van der Waals surface area contributed by atoms with Crippen molar-refractivity contribution in [3.63, 3.8) is 0 Å². The molecule has 0 aromatic heterocycles. The average molecular weight is 323 g/mol. The van der Waals surface area contributed by atoms with Gasteiger partial charge < -0.3 is 9.64 Å². The van der Waals surface area contributed by atoms with Gasteiger partial charge in [0.1, 0.15) is 5.69 Å². The first-order valence-electron chi connectivity index (χ1n) is 7.09. The lowest BCUT2D eigenvalue weighted by molar-refractivity contribution is -0.393. The Labute approximate surface area is 132 Å². The van der Waals surface area contributed by atoms with Gasteiger partial charge in [0, 0.05) is 18.7 Å². The van der Waals surface area contributed by atoms with Crippen molar-refractivity contribution in [3.8, 4) is 0 Å². The highest BCUT2D eigenvalue weighted by Gasteiger charge is 2.37. The van der Waals surface area contributed by atoms with Crippen LogP contribution in [-0.2, 0) is 4.74 Å². The van der Waals surface area contributed by atoms with Crippen LogP contribution >= 0.6 is 0 Å². The van der Waals surface area contributed by atoms with Crippen LogP contribution in [-0.4, -0.2) is 35.5 Å². The Balaban J connectivity index is 2.73. The number of anilines is 1. The van der Waals surface area contributed by atoms with E-state index in [4.69, 9.17) is 0 Å². The van der Waals surface area contributed by atoms with Crippen LogP contribution in [0.4, 0.5) is 17.1 Å². The maximum Gasteiger partial charge on any atom is 0.340 e. The second-order valence-corrected chi connectivity index (χ2v) is 5.57. The number of ether oxygens (including phenoxy) is 1. The summed E-state index contributed by atoms with van der Waals surface area (Å²) in [7, 11) is 1.13. The summed E-state index contributed by atoms with van der Waals surface area (Å²) >= 11 is 0. The van der Waals surface area contributed by atoms with Crippen molar-refractivity contribution in [2.75, 3.05) is 18.6 Å². The highest BCUT2D eigenvalue weighted by Crippen LogP contribution is 2.41. The quantitative estimate of drug-likeness (QED) is 0.475. The molecule has 23 heavy (non-hydrogen) atoms.